The van der Waals surface area contributed by atoms with Gasteiger partial charge in [0.25, 0.3) is 5.91 Å². The zero-order chi connectivity index (χ0) is 53.9. The topological polar surface area (TPSA) is 192 Å². The maximum atomic E-state index is 14.5. The van der Waals surface area contributed by atoms with Gasteiger partial charge in [0, 0.05) is 135 Å². The van der Waals surface area contributed by atoms with E-state index >= 15 is 0 Å². The van der Waals surface area contributed by atoms with Gasteiger partial charge in [-0.15, -0.1) is 0 Å². The molecule has 392 valence electrons. The molecule has 0 aromatic heterocycles. The maximum Gasteiger partial charge on any atom is 0.336 e. The lowest BCUT2D eigenvalue weighted by Crippen LogP contribution is -2.41. The first kappa shape index (κ1) is 52.5. The van der Waals surface area contributed by atoms with E-state index in [1.54, 1.807) is 35.2 Å². The normalized spacial score (nSPS) is 15.5. The molecule has 0 fully saturated rings. The Morgan fingerprint density at radius 3 is 2.53 bits per heavy atom. The number of hydrogen-bond acceptors (Lipinski definition) is 9. The van der Waals surface area contributed by atoms with Crippen LogP contribution >= 0.6 is 0 Å². The van der Waals surface area contributed by atoms with Gasteiger partial charge < -0.3 is 40.1 Å². The van der Waals surface area contributed by atoms with Crippen molar-refractivity contribution < 1.29 is 34.1 Å². The molecule has 18 heteroatoms. The van der Waals surface area contributed by atoms with Crippen molar-refractivity contribution in [1.29, 1.82) is 0 Å². The summed E-state index contributed by atoms with van der Waals surface area (Å²) in [6, 6.07) is 28.0. The minimum absolute atomic E-state index is 0.0359. The van der Waals surface area contributed by atoms with Crippen molar-refractivity contribution in [2.45, 2.75) is 83.3 Å². The highest BCUT2D eigenvalue weighted by Gasteiger charge is 2.36. The van der Waals surface area contributed by atoms with Gasteiger partial charge in [-0.1, -0.05) is 65.2 Å². The van der Waals surface area contributed by atoms with Gasteiger partial charge in [-0.2, -0.15) is 0 Å². The van der Waals surface area contributed by atoms with Crippen LogP contribution in [-0.4, -0.2) is 120 Å². The SMILES string of the molecule is [B]B([B])c1ccc(CN(CCNC(=O)c2ccc(C(=O)O)c(C3=c4cc5c6c(c4Oc4c3cc3c7c4CCCN7CCCC3)CCC[N+]=6CCCC5)c2)C(=O)CCNC[C@H](O)COc2cccc3ccccc23)c(N=[N+]=[N-])c1. The van der Waals surface area contributed by atoms with Gasteiger partial charge in [0.05, 0.1) is 17.6 Å². The van der Waals surface area contributed by atoms with Gasteiger partial charge >= 0.3 is 5.97 Å². The Morgan fingerprint density at radius 2 is 1.67 bits per heavy atom. The van der Waals surface area contributed by atoms with E-state index in [1.165, 1.54) is 39.4 Å². The molecule has 78 heavy (non-hydrogen) atoms. The molecule has 0 aliphatic carbocycles. The van der Waals surface area contributed by atoms with E-state index in [2.05, 4.69) is 42.3 Å². The number of nitrogens with one attached hydrogen (secondary N) is 2. The second kappa shape index (κ2) is 23.2. The van der Waals surface area contributed by atoms with E-state index in [0.717, 1.165) is 129 Å². The Hall–Kier alpha value is -7.52. The molecule has 5 aliphatic heterocycles. The molecule has 5 heterocycles. The number of carbonyl (C=O) groups excluding carboxylic acids is 2. The predicted molar refractivity (Wildman–Crippen MR) is 306 cm³/mol. The first-order valence-electron chi connectivity index (χ1n) is 27.6. The second-order valence-corrected chi connectivity index (χ2v) is 21.2. The lowest BCUT2D eigenvalue weighted by atomic mass is 9.17. The molecule has 1 atom stereocenters. The number of aliphatic hydroxyl groups excluding tert-OH is 1. The molecule has 2 amide bonds. The largest absolute Gasteiger partial charge is 0.490 e. The predicted octanol–water partition coefficient (Wildman–Crippen LogP) is 5.91. The molecular weight excluding hydrogens is 977 g/mol. The number of carboxylic acids is 1. The summed E-state index contributed by atoms with van der Waals surface area (Å²) in [5.74, 6) is 0.460. The van der Waals surface area contributed by atoms with Crippen molar-refractivity contribution in [2.75, 3.05) is 63.9 Å². The Labute approximate surface area is 456 Å². The lowest BCUT2D eigenvalue weighted by molar-refractivity contribution is -0.131. The number of carboxylic acid groups (broad SMARTS) is 1. The average molecular weight is 1040 g/mol. The summed E-state index contributed by atoms with van der Waals surface area (Å²) in [6.07, 6.45) is 8.99. The zero-order valence-electron chi connectivity index (χ0n) is 43.9. The number of aliphatic hydroxyl groups is 1. The van der Waals surface area contributed by atoms with Crippen LogP contribution in [0.5, 0.6) is 17.2 Å². The molecule has 5 aliphatic rings. The molecule has 0 saturated heterocycles. The van der Waals surface area contributed by atoms with E-state index in [1.807, 2.05) is 42.5 Å². The first-order chi connectivity index (χ1) is 38.0. The number of nitrogens with zero attached hydrogens (tertiary/aromatic N) is 6. The highest BCUT2D eigenvalue weighted by atomic mass is 16.5. The number of aromatic carboxylic acids is 1. The van der Waals surface area contributed by atoms with E-state index in [-0.39, 0.29) is 68.5 Å². The molecular formula is C60H62B3N8O7+. The van der Waals surface area contributed by atoms with Crippen molar-refractivity contribution in [1.82, 2.24) is 20.1 Å². The monoisotopic (exact) mass is 1040 g/mol. The number of carbonyl (C=O) groups is 3. The van der Waals surface area contributed by atoms with E-state index in [4.69, 9.17) is 24.9 Å². The van der Waals surface area contributed by atoms with Gasteiger partial charge in [-0.3, -0.25) is 9.59 Å². The number of rotatable bonds is 18. The molecule has 0 bridgehead atoms. The highest BCUT2D eigenvalue weighted by Crippen LogP contribution is 2.48. The van der Waals surface area contributed by atoms with Crippen LogP contribution in [0.1, 0.15) is 105 Å². The van der Waals surface area contributed by atoms with Crippen LogP contribution in [0.4, 0.5) is 11.4 Å². The van der Waals surface area contributed by atoms with Crippen LogP contribution in [-0.2, 0) is 37.0 Å². The second-order valence-electron chi connectivity index (χ2n) is 21.2. The van der Waals surface area contributed by atoms with Crippen LogP contribution in [0.15, 0.2) is 96.1 Å². The van der Waals surface area contributed by atoms with Crippen molar-refractivity contribution in [3.63, 3.8) is 0 Å². The van der Waals surface area contributed by atoms with Crippen LogP contribution in [0.3, 0.4) is 0 Å². The van der Waals surface area contributed by atoms with Gasteiger partial charge in [-0.25, -0.2) is 9.37 Å². The smallest absolute Gasteiger partial charge is 0.336 e. The molecule has 0 unspecified atom stereocenters. The van der Waals surface area contributed by atoms with E-state index in [9.17, 15) is 30.1 Å². The van der Waals surface area contributed by atoms with Gasteiger partial charge in [0.1, 0.15) is 43.0 Å². The van der Waals surface area contributed by atoms with Crippen LogP contribution in [0.25, 0.3) is 26.8 Å². The summed E-state index contributed by atoms with van der Waals surface area (Å²) in [5.41, 5.74) is 19.4. The Bertz CT molecular complexity index is 3540. The lowest BCUT2D eigenvalue weighted by Gasteiger charge is -2.35. The quantitative estimate of drug-likeness (QED) is 0.0202. The van der Waals surface area contributed by atoms with Gasteiger partial charge in [0.2, 0.25) is 11.3 Å². The number of hydrogen-bond donors (Lipinski definition) is 4. The minimum atomic E-state index is -1.10. The molecule has 6 aromatic rings. The summed E-state index contributed by atoms with van der Waals surface area (Å²) in [5, 5.41) is 36.0. The number of aryl methyl sites for hydroxylation is 2. The summed E-state index contributed by atoms with van der Waals surface area (Å²) in [7, 11) is 11.9. The third kappa shape index (κ3) is 10.7. The number of azide groups is 1. The van der Waals surface area contributed by atoms with Crippen LogP contribution in [0.2, 0.25) is 0 Å². The highest BCUT2D eigenvalue weighted by molar-refractivity contribution is 7.35. The molecule has 0 saturated carbocycles. The fraction of sp³-hybridized carbons (Fsp3) is 0.367. The average Bonchev–Trinajstić information content (AvgIpc) is 3.93. The number of anilines is 1. The minimum Gasteiger partial charge on any atom is -0.490 e. The summed E-state index contributed by atoms with van der Waals surface area (Å²) in [4.78, 5) is 49.2. The molecule has 6 aromatic carbocycles. The Morgan fingerprint density at radius 1 is 0.859 bits per heavy atom. The molecule has 4 N–H and O–H groups in total. The fourth-order valence-corrected chi connectivity index (χ4v) is 12.4. The zero-order valence-corrected chi connectivity index (χ0v) is 43.9. The molecule has 11 rings (SSSR count). The van der Waals surface area contributed by atoms with Crippen molar-refractivity contribution in [3.8, 4) is 17.2 Å². The van der Waals surface area contributed by atoms with E-state index < -0.39 is 24.5 Å². The van der Waals surface area contributed by atoms with Crippen LogP contribution < -0.4 is 45.6 Å². The molecule has 0 spiro atoms. The summed E-state index contributed by atoms with van der Waals surface area (Å²) < 4.78 is 15.8. The third-order valence-electron chi connectivity index (χ3n) is 16.1. The number of ether oxygens (including phenoxy) is 2. The number of fused-ring (bicyclic) bond motifs is 5. The Balaban J connectivity index is 0.876. The fourth-order valence-electron chi connectivity index (χ4n) is 12.4. The molecule has 4 radical (unpaired) electrons. The standard InChI is InChI=1S/C60H61B3N8O7/c61-63(62)42-20-18-41(51(33-42)67-68-64)35-71(53(73)22-23-65-34-43(72)36-77-52-17-7-13-37-10-1-2-14-44(37)52)29-24-66-59(74)40-19-21-45(60(75)76)48(32-40)54-49-30-38-11-3-5-25-69-27-8-15-46(55(38)69)57(49)78-58-47-16-9-28-70-26-6-4-12-39(56(47)70)31-50(54)58/h1-2,7,10,13-14,17-21,30-33,43,65,72H,3-6,8-9,11-12,15-16,22-29,34-36H2,(H-,66,74,75,76)/p+1/t43-/m0/s1. The Kier molecular flexibility index (Phi) is 15.6. The first-order valence-corrected chi connectivity index (χ1v) is 27.6. The number of amides is 2. The summed E-state index contributed by atoms with van der Waals surface area (Å²) in [6.45, 7) is 3.75. The van der Waals surface area contributed by atoms with Gasteiger partial charge in [0.15, 0.2) is 0 Å². The van der Waals surface area contributed by atoms with Crippen LogP contribution in [0, 0.1) is 0 Å². The molecule has 15 nitrogen and oxygen atoms in total. The van der Waals surface area contributed by atoms with Crippen molar-refractivity contribution in [3.05, 3.63) is 162 Å². The maximum absolute atomic E-state index is 14.5. The van der Waals surface area contributed by atoms with Gasteiger partial charge in [-0.05, 0) is 115 Å². The summed E-state index contributed by atoms with van der Waals surface area (Å²) >= 11 is 0. The third-order valence-corrected chi connectivity index (χ3v) is 16.1. The van der Waals surface area contributed by atoms with Crippen molar-refractivity contribution >= 4 is 72.9 Å². The van der Waals surface area contributed by atoms with Crippen molar-refractivity contribution in [2.24, 2.45) is 5.11 Å². The number of benzene rings is 6. The van der Waals surface area contributed by atoms with E-state index in [0.29, 0.717) is 22.3 Å².